The Kier molecular flexibility index (Phi) is 6.62. The lowest BCUT2D eigenvalue weighted by molar-refractivity contribution is 0.0940. The predicted octanol–water partition coefficient (Wildman–Crippen LogP) is 2.98. The van der Waals surface area contributed by atoms with Crippen LogP contribution in [0.3, 0.4) is 0 Å². The van der Waals surface area contributed by atoms with Crippen molar-refractivity contribution in [3.8, 4) is 0 Å². The van der Waals surface area contributed by atoms with Crippen molar-refractivity contribution >= 4 is 21.8 Å². The number of aryl methyl sites for hydroxylation is 1. The van der Waals surface area contributed by atoms with Gasteiger partial charge in [0.15, 0.2) is 0 Å². The van der Waals surface area contributed by atoms with Crippen LogP contribution in [-0.4, -0.2) is 39.8 Å². The Morgan fingerprint density at radius 1 is 1.00 bits per heavy atom. The lowest BCUT2D eigenvalue weighted by Gasteiger charge is -2.23. The fourth-order valence-corrected chi connectivity index (χ4v) is 3.48. The Morgan fingerprint density at radius 2 is 1.56 bits per heavy atom. The van der Waals surface area contributed by atoms with Crippen LogP contribution in [0.5, 0.6) is 0 Å². The van der Waals surface area contributed by atoms with Crippen LogP contribution in [0.25, 0.3) is 0 Å². The molecule has 0 saturated carbocycles. The highest BCUT2D eigenvalue weighted by Gasteiger charge is 2.21. The Morgan fingerprint density at radius 3 is 2.04 bits per heavy atom. The highest BCUT2D eigenvalue weighted by atomic mass is 32.2. The van der Waals surface area contributed by atoms with Crippen molar-refractivity contribution in [2.45, 2.75) is 26.3 Å². The molecule has 1 N–H and O–H groups in total. The van der Waals surface area contributed by atoms with E-state index in [4.69, 9.17) is 0 Å². The first kappa shape index (κ1) is 20.9. The van der Waals surface area contributed by atoms with Crippen LogP contribution < -0.4 is 9.62 Å². The topological polar surface area (TPSA) is 69.7 Å². The van der Waals surface area contributed by atoms with Crippen molar-refractivity contribution in [1.29, 1.82) is 0 Å². The SMILES string of the molecule is CCc1ccc([C@@H](C)NC(=O)c2ccc(N(C)S(=O)(=O)N(C)C)cc2)cc1. The summed E-state index contributed by atoms with van der Waals surface area (Å²) >= 11 is 0. The fraction of sp³-hybridized carbons (Fsp3) is 0.350. The van der Waals surface area contributed by atoms with Gasteiger partial charge in [-0.1, -0.05) is 31.2 Å². The minimum absolute atomic E-state index is 0.125. The minimum Gasteiger partial charge on any atom is -0.346 e. The van der Waals surface area contributed by atoms with Gasteiger partial charge in [0.05, 0.1) is 11.7 Å². The quantitative estimate of drug-likeness (QED) is 0.791. The molecule has 0 aromatic heterocycles. The molecule has 7 heteroatoms. The molecule has 2 aromatic carbocycles. The highest BCUT2D eigenvalue weighted by Crippen LogP contribution is 2.19. The van der Waals surface area contributed by atoms with Gasteiger partial charge in [-0.15, -0.1) is 0 Å². The van der Waals surface area contributed by atoms with E-state index in [2.05, 4.69) is 24.4 Å². The summed E-state index contributed by atoms with van der Waals surface area (Å²) in [7, 11) is 0.869. The van der Waals surface area contributed by atoms with Crippen LogP contribution in [-0.2, 0) is 16.6 Å². The number of amides is 1. The van der Waals surface area contributed by atoms with Gasteiger partial charge in [0, 0.05) is 26.7 Å². The van der Waals surface area contributed by atoms with E-state index in [0.29, 0.717) is 11.3 Å². The van der Waals surface area contributed by atoms with E-state index in [1.807, 2.05) is 19.1 Å². The molecule has 0 bridgehead atoms. The Labute approximate surface area is 162 Å². The standard InChI is InChI=1S/C20H27N3O3S/c1-6-16-7-9-17(10-8-16)15(2)21-20(24)18-11-13-19(14-12-18)23(5)27(25,26)22(3)4/h7-15H,6H2,1-5H3,(H,21,24)/t15-/m1/s1. The number of hydrogen-bond acceptors (Lipinski definition) is 3. The zero-order valence-electron chi connectivity index (χ0n) is 16.4. The van der Waals surface area contributed by atoms with Gasteiger partial charge in [0.1, 0.15) is 0 Å². The van der Waals surface area contributed by atoms with Crippen molar-refractivity contribution in [1.82, 2.24) is 9.62 Å². The molecule has 1 amide bonds. The number of nitrogens with one attached hydrogen (secondary N) is 1. The van der Waals surface area contributed by atoms with Crippen LogP contribution >= 0.6 is 0 Å². The lowest BCUT2D eigenvalue weighted by Crippen LogP contribution is -2.37. The van der Waals surface area contributed by atoms with Gasteiger partial charge in [-0.05, 0) is 48.7 Å². The third kappa shape index (κ3) is 4.87. The van der Waals surface area contributed by atoms with E-state index in [0.717, 1.165) is 16.3 Å². The average Bonchev–Trinajstić information content (AvgIpc) is 2.67. The molecule has 2 rings (SSSR count). The number of hydrogen-bond donors (Lipinski definition) is 1. The minimum atomic E-state index is -3.56. The van der Waals surface area contributed by atoms with Crippen LogP contribution in [0.15, 0.2) is 48.5 Å². The molecule has 0 fully saturated rings. The van der Waals surface area contributed by atoms with Crippen LogP contribution in [0.4, 0.5) is 5.69 Å². The summed E-state index contributed by atoms with van der Waals surface area (Å²) in [4.78, 5) is 12.5. The third-order valence-electron chi connectivity index (χ3n) is 4.54. The molecule has 0 aliphatic heterocycles. The van der Waals surface area contributed by atoms with Crippen molar-refractivity contribution in [3.63, 3.8) is 0 Å². The zero-order valence-corrected chi connectivity index (χ0v) is 17.2. The second-order valence-corrected chi connectivity index (χ2v) is 8.77. The summed E-state index contributed by atoms with van der Waals surface area (Å²) in [5.41, 5.74) is 3.26. The van der Waals surface area contributed by atoms with Gasteiger partial charge < -0.3 is 5.32 Å². The van der Waals surface area contributed by atoms with Gasteiger partial charge >= 0.3 is 10.2 Å². The number of nitrogens with zero attached hydrogens (tertiary/aromatic N) is 2. The Hall–Kier alpha value is -2.38. The number of anilines is 1. The predicted molar refractivity (Wildman–Crippen MR) is 109 cm³/mol. The largest absolute Gasteiger partial charge is 0.346 e. The number of carbonyl (C=O) groups excluding carboxylic acids is 1. The van der Waals surface area contributed by atoms with E-state index < -0.39 is 10.2 Å². The first-order chi connectivity index (χ1) is 12.7. The Balaban J connectivity index is 2.08. The molecular formula is C20H27N3O3S. The van der Waals surface area contributed by atoms with Gasteiger partial charge in [-0.3, -0.25) is 9.10 Å². The van der Waals surface area contributed by atoms with E-state index in [1.165, 1.54) is 31.0 Å². The molecule has 0 spiro atoms. The smallest absolute Gasteiger partial charge is 0.303 e. The monoisotopic (exact) mass is 389 g/mol. The van der Waals surface area contributed by atoms with E-state index in [1.54, 1.807) is 24.3 Å². The summed E-state index contributed by atoms with van der Waals surface area (Å²) in [5.74, 6) is -0.202. The van der Waals surface area contributed by atoms with Crippen LogP contribution in [0.1, 0.15) is 41.4 Å². The molecule has 0 heterocycles. The normalized spacial score (nSPS) is 12.7. The first-order valence-corrected chi connectivity index (χ1v) is 10.2. The number of benzene rings is 2. The van der Waals surface area contributed by atoms with Crippen LogP contribution in [0, 0.1) is 0 Å². The van der Waals surface area contributed by atoms with E-state index in [-0.39, 0.29) is 11.9 Å². The van der Waals surface area contributed by atoms with E-state index >= 15 is 0 Å². The first-order valence-electron chi connectivity index (χ1n) is 8.83. The second-order valence-electron chi connectivity index (χ2n) is 6.59. The Bertz CT molecular complexity index is 876. The fourth-order valence-electron chi connectivity index (χ4n) is 2.61. The summed E-state index contributed by atoms with van der Waals surface area (Å²) < 4.78 is 26.7. The van der Waals surface area contributed by atoms with E-state index in [9.17, 15) is 13.2 Å². The van der Waals surface area contributed by atoms with Gasteiger partial charge in [0.25, 0.3) is 5.91 Å². The summed E-state index contributed by atoms with van der Waals surface area (Å²) in [6.45, 7) is 4.04. The average molecular weight is 390 g/mol. The molecule has 146 valence electrons. The van der Waals surface area contributed by atoms with Crippen molar-refractivity contribution in [3.05, 3.63) is 65.2 Å². The molecule has 0 aliphatic rings. The molecule has 6 nitrogen and oxygen atoms in total. The molecule has 0 radical (unpaired) electrons. The van der Waals surface area contributed by atoms with Crippen LogP contribution in [0.2, 0.25) is 0 Å². The highest BCUT2D eigenvalue weighted by molar-refractivity contribution is 7.90. The third-order valence-corrected chi connectivity index (χ3v) is 6.36. The van der Waals surface area contributed by atoms with Gasteiger partial charge in [0.2, 0.25) is 0 Å². The summed E-state index contributed by atoms with van der Waals surface area (Å²) in [6, 6.07) is 14.5. The maximum atomic E-state index is 12.5. The molecular weight excluding hydrogens is 362 g/mol. The lowest BCUT2D eigenvalue weighted by atomic mass is 10.0. The van der Waals surface area contributed by atoms with Gasteiger partial charge in [-0.25, -0.2) is 0 Å². The molecule has 0 saturated heterocycles. The maximum Gasteiger partial charge on any atom is 0.303 e. The molecule has 1 atom stereocenters. The molecule has 0 unspecified atom stereocenters. The molecule has 0 aliphatic carbocycles. The van der Waals surface area contributed by atoms with Crippen molar-refractivity contribution < 1.29 is 13.2 Å². The van der Waals surface area contributed by atoms with Gasteiger partial charge in [-0.2, -0.15) is 12.7 Å². The number of carbonyl (C=O) groups is 1. The molecule has 27 heavy (non-hydrogen) atoms. The number of rotatable bonds is 7. The van der Waals surface area contributed by atoms with Crippen molar-refractivity contribution in [2.24, 2.45) is 0 Å². The summed E-state index contributed by atoms with van der Waals surface area (Å²) in [6.07, 6.45) is 0.978. The maximum absolute atomic E-state index is 12.5. The zero-order chi connectivity index (χ0) is 20.2. The molecule has 2 aromatic rings. The van der Waals surface area contributed by atoms with Crippen molar-refractivity contribution in [2.75, 3.05) is 25.4 Å². The second kappa shape index (κ2) is 8.54. The summed E-state index contributed by atoms with van der Waals surface area (Å²) in [5, 5.41) is 2.97.